The van der Waals surface area contributed by atoms with Crippen LogP contribution in [0.15, 0.2) is 48.9 Å². The van der Waals surface area contributed by atoms with Crippen LogP contribution in [0.3, 0.4) is 0 Å². The summed E-state index contributed by atoms with van der Waals surface area (Å²) in [5.41, 5.74) is 3.71. The average molecular weight is 418 g/mol. The molecule has 0 amide bonds. The first-order chi connectivity index (χ1) is 15.3. The summed E-state index contributed by atoms with van der Waals surface area (Å²) in [5, 5.41) is 0. The van der Waals surface area contributed by atoms with Gasteiger partial charge in [-0.3, -0.25) is 4.90 Å². The molecule has 1 saturated heterocycles. The Morgan fingerprint density at radius 1 is 0.871 bits per heavy atom. The fourth-order valence-electron chi connectivity index (χ4n) is 4.20. The Hall–Kier alpha value is -3.26. The van der Waals surface area contributed by atoms with Gasteiger partial charge in [0, 0.05) is 76.4 Å². The van der Waals surface area contributed by atoms with Crippen molar-refractivity contribution in [3.05, 3.63) is 65.7 Å². The van der Waals surface area contributed by atoms with Crippen molar-refractivity contribution >= 4 is 11.9 Å². The molecule has 4 heterocycles. The van der Waals surface area contributed by atoms with E-state index in [1.807, 2.05) is 24.4 Å². The van der Waals surface area contributed by atoms with Crippen molar-refractivity contribution in [3.8, 4) is 5.75 Å². The van der Waals surface area contributed by atoms with E-state index in [9.17, 15) is 0 Å². The van der Waals surface area contributed by atoms with Gasteiger partial charge >= 0.3 is 0 Å². The molecule has 8 heteroatoms. The predicted octanol–water partition coefficient (Wildman–Crippen LogP) is 2.16. The van der Waals surface area contributed by atoms with Gasteiger partial charge in [-0.1, -0.05) is 12.1 Å². The van der Waals surface area contributed by atoms with Crippen LogP contribution in [-0.4, -0.2) is 64.7 Å². The van der Waals surface area contributed by atoms with Gasteiger partial charge in [0.05, 0.1) is 12.8 Å². The number of nitrogens with zero attached hydrogens (tertiary/aromatic N) is 7. The number of ether oxygens (including phenoxy) is 1. The van der Waals surface area contributed by atoms with Crippen LogP contribution in [0.4, 0.5) is 11.9 Å². The van der Waals surface area contributed by atoms with Crippen LogP contribution in [-0.2, 0) is 19.5 Å². The highest BCUT2D eigenvalue weighted by atomic mass is 16.5. The molecule has 1 aromatic carbocycles. The molecule has 2 aliphatic rings. The van der Waals surface area contributed by atoms with Crippen LogP contribution in [0.2, 0.25) is 0 Å². The van der Waals surface area contributed by atoms with Crippen LogP contribution in [0.1, 0.15) is 16.8 Å². The van der Waals surface area contributed by atoms with Gasteiger partial charge < -0.3 is 14.5 Å². The van der Waals surface area contributed by atoms with Gasteiger partial charge in [-0.05, 0) is 23.8 Å². The topological polar surface area (TPSA) is 70.5 Å². The maximum atomic E-state index is 5.25. The second-order valence-corrected chi connectivity index (χ2v) is 7.97. The summed E-state index contributed by atoms with van der Waals surface area (Å²) in [4.78, 5) is 25.3. The number of hydrogen-bond donors (Lipinski definition) is 0. The first kappa shape index (κ1) is 19.7. The van der Waals surface area contributed by atoms with Crippen LogP contribution in [0, 0.1) is 0 Å². The van der Waals surface area contributed by atoms with Gasteiger partial charge in [0.1, 0.15) is 5.75 Å². The van der Waals surface area contributed by atoms with Gasteiger partial charge in [0.15, 0.2) is 0 Å². The molecule has 3 aromatic rings. The highest BCUT2D eigenvalue weighted by Gasteiger charge is 2.23. The summed E-state index contributed by atoms with van der Waals surface area (Å²) >= 11 is 0. The Labute approximate surface area is 182 Å². The van der Waals surface area contributed by atoms with Crippen molar-refractivity contribution < 1.29 is 4.74 Å². The minimum absolute atomic E-state index is 0.797. The van der Waals surface area contributed by atoms with E-state index in [1.54, 1.807) is 19.5 Å². The van der Waals surface area contributed by atoms with Gasteiger partial charge in [0.25, 0.3) is 0 Å². The normalized spacial score (nSPS) is 16.8. The zero-order valence-electron chi connectivity index (χ0n) is 17.8. The summed E-state index contributed by atoms with van der Waals surface area (Å²) in [5.74, 6) is 2.53. The third-order valence-electron chi connectivity index (χ3n) is 5.96. The average Bonchev–Trinajstić information content (AvgIpc) is 2.85. The molecular formula is C23H27N7O. The SMILES string of the molecule is COc1ccc(CN2CCc3nc(N4CCN(c5ncccn5)CC4)ncc3C2)cc1. The standard InChI is InChI=1S/C23H27N7O/c1-31-20-5-3-18(4-6-20)16-28-10-7-21-19(17-28)15-26-23(27-21)30-13-11-29(12-14-30)22-24-8-2-9-25-22/h2-6,8-9,15H,7,10-14,16-17H2,1H3. The molecule has 1 fully saturated rings. The molecule has 0 spiro atoms. The molecule has 0 saturated carbocycles. The number of hydrogen-bond acceptors (Lipinski definition) is 8. The molecule has 0 N–H and O–H groups in total. The maximum Gasteiger partial charge on any atom is 0.225 e. The molecule has 0 atom stereocenters. The highest BCUT2D eigenvalue weighted by Crippen LogP contribution is 2.22. The van der Waals surface area contributed by atoms with E-state index < -0.39 is 0 Å². The number of anilines is 2. The fourth-order valence-corrected chi connectivity index (χ4v) is 4.20. The molecule has 8 nitrogen and oxygen atoms in total. The second kappa shape index (κ2) is 8.85. The minimum Gasteiger partial charge on any atom is -0.497 e. The Balaban J connectivity index is 1.20. The van der Waals surface area contributed by atoms with Gasteiger partial charge in [-0.2, -0.15) is 0 Å². The van der Waals surface area contributed by atoms with Crippen LogP contribution >= 0.6 is 0 Å². The van der Waals surface area contributed by atoms with E-state index in [4.69, 9.17) is 14.7 Å². The lowest BCUT2D eigenvalue weighted by Crippen LogP contribution is -2.47. The number of rotatable bonds is 5. The zero-order chi connectivity index (χ0) is 21.0. The van der Waals surface area contributed by atoms with Crippen molar-refractivity contribution in [2.45, 2.75) is 19.5 Å². The predicted molar refractivity (Wildman–Crippen MR) is 119 cm³/mol. The first-order valence-electron chi connectivity index (χ1n) is 10.8. The maximum absolute atomic E-state index is 5.25. The molecule has 160 valence electrons. The largest absolute Gasteiger partial charge is 0.497 e. The summed E-state index contributed by atoms with van der Waals surface area (Å²) in [7, 11) is 1.70. The van der Waals surface area contributed by atoms with Crippen LogP contribution in [0.25, 0.3) is 0 Å². The molecular weight excluding hydrogens is 390 g/mol. The fraction of sp³-hybridized carbons (Fsp3) is 0.391. The quantitative estimate of drug-likeness (QED) is 0.626. The zero-order valence-corrected chi connectivity index (χ0v) is 17.8. The molecule has 2 aliphatic heterocycles. The highest BCUT2D eigenvalue weighted by molar-refractivity contribution is 5.39. The summed E-state index contributed by atoms with van der Waals surface area (Å²) < 4.78 is 5.25. The molecule has 0 aliphatic carbocycles. The number of methoxy groups -OCH3 is 1. The summed E-state index contributed by atoms with van der Waals surface area (Å²) in [6.45, 7) is 6.32. The Morgan fingerprint density at radius 2 is 1.58 bits per heavy atom. The van der Waals surface area contributed by atoms with E-state index in [2.05, 4.69) is 36.8 Å². The van der Waals surface area contributed by atoms with E-state index in [0.717, 1.165) is 69.9 Å². The number of benzene rings is 1. The van der Waals surface area contributed by atoms with E-state index in [0.29, 0.717) is 0 Å². The number of piperazine rings is 1. The lowest BCUT2D eigenvalue weighted by molar-refractivity contribution is 0.243. The Kier molecular flexibility index (Phi) is 5.62. The third-order valence-corrected chi connectivity index (χ3v) is 5.96. The van der Waals surface area contributed by atoms with Crippen molar-refractivity contribution in [1.82, 2.24) is 24.8 Å². The third kappa shape index (κ3) is 4.44. The lowest BCUT2D eigenvalue weighted by Gasteiger charge is -2.35. The lowest BCUT2D eigenvalue weighted by atomic mass is 10.1. The summed E-state index contributed by atoms with van der Waals surface area (Å²) in [6.07, 6.45) is 6.56. The van der Waals surface area contributed by atoms with Gasteiger partial charge in [-0.15, -0.1) is 0 Å². The second-order valence-electron chi connectivity index (χ2n) is 7.97. The van der Waals surface area contributed by atoms with Crippen molar-refractivity contribution in [2.24, 2.45) is 0 Å². The molecule has 2 aromatic heterocycles. The first-order valence-corrected chi connectivity index (χ1v) is 10.8. The van der Waals surface area contributed by atoms with E-state index in [1.165, 1.54) is 16.8 Å². The van der Waals surface area contributed by atoms with E-state index >= 15 is 0 Å². The monoisotopic (exact) mass is 417 g/mol. The molecule has 0 unspecified atom stereocenters. The molecule has 5 rings (SSSR count). The van der Waals surface area contributed by atoms with Crippen LogP contribution < -0.4 is 14.5 Å². The number of aromatic nitrogens is 4. The molecule has 0 bridgehead atoms. The summed E-state index contributed by atoms with van der Waals surface area (Å²) in [6, 6.07) is 10.2. The van der Waals surface area contributed by atoms with Gasteiger partial charge in [-0.25, -0.2) is 19.9 Å². The Bertz CT molecular complexity index is 1000. The number of fused-ring (bicyclic) bond motifs is 1. The molecule has 0 radical (unpaired) electrons. The minimum atomic E-state index is 0.797. The van der Waals surface area contributed by atoms with Gasteiger partial charge in [0.2, 0.25) is 11.9 Å². The van der Waals surface area contributed by atoms with Crippen LogP contribution in [0.5, 0.6) is 5.75 Å². The molecule has 31 heavy (non-hydrogen) atoms. The smallest absolute Gasteiger partial charge is 0.225 e. The van der Waals surface area contributed by atoms with Crippen molar-refractivity contribution in [1.29, 1.82) is 0 Å². The van der Waals surface area contributed by atoms with Crippen molar-refractivity contribution in [2.75, 3.05) is 49.6 Å². The van der Waals surface area contributed by atoms with Crippen molar-refractivity contribution in [3.63, 3.8) is 0 Å². The Morgan fingerprint density at radius 3 is 2.29 bits per heavy atom. The van der Waals surface area contributed by atoms with E-state index in [-0.39, 0.29) is 0 Å².